The minimum atomic E-state index is 0.0667. The van der Waals surface area contributed by atoms with E-state index in [-0.39, 0.29) is 5.91 Å². The maximum atomic E-state index is 12.3. The van der Waals surface area contributed by atoms with E-state index in [4.69, 9.17) is 0 Å². The first-order valence-electron chi connectivity index (χ1n) is 9.11. The molecule has 2 saturated heterocycles. The molecule has 1 unspecified atom stereocenters. The Bertz CT molecular complexity index is 505. The van der Waals surface area contributed by atoms with Crippen molar-refractivity contribution in [1.82, 2.24) is 15.5 Å². The third kappa shape index (κ3) is 5.05. The van der Waals surface area contributed by atoms with Crippen LogP contribution in [0.1, 0.15) is 48.0 Å². The topological polar surface area (TPSA) is 44.4 Å². The molecule has 0 radical (unpaired) electrons. The molecule has 1 amide bonds. The van der Waals surface area contributed by atoms with Crippen LogP contribution in [-0.2, 0) is 6.54 Å². The molecule has 2 fully saturated rings. The molecule has 4 heteroatoms. The normalized spacial score (nSPS) is 22.2. The molecule has 2 N–H and O–H groups in total. The van der Waals surface area contributed by atoms with Crippen LogP contribution < -0.4 is 10.6 Å². The van der Waals surface area contributed by atoms with E-state index in [0.29, 0.717) is 5.92 Å². The maximum absolute atomic E-state index is 12.3. The Morgan fingerprint density at radius 2 is 2.13 bits per heavy atom. The largest absolute Gasteiger partial charge is 0.352 e. The van der Waals surface area contributed by atoms with Crippen molar-refractivity contribution in [2.45, 2.75) is 38.6 Å². The second-order valence-corrected chi connectivity index (χ2v) is 6.94. The van der Waals surface area contributed by atoms with Crippen LogP contribution in [0.4, 0.5) is 0 Å². The predicted molar refractivity (Wildman–Crippen MR) is 93.5 cm³/mol. The summed E-state index contributed by atoms with van der Waals surface area (Å²) in [4.78, 5) is 14.8. The fourth-order valence-electron chi connectivity index (χ4n) is 3.67. The summed E-state index contributed by atoms with van der Waals surface area (Å²) in [6.45, 7) is 6.36. The standard InChI is InChI=1S/C19H29N3O/c23-19(21-10-8-16-6-4-9-20-14-16)18-7-3-5-17(13-18)15-22-11-1-2-12-22/h3,5,7,13,16,20H,1-2,4,6,8-12,14-15H2,(H,21,23). The number of piperidine rings is 1. The zero-order valence-electron chi connectivity index (χ0n) is 14.0. The van der Waals surface area contributed by atoms with Crippen molar-refractivity contribution in [2.75, 3.05) is 32.7 Å². The predicted octanol–water partition coefficient (Wildman–Crippen LogP) is 2.40. The van der Waals surface area contributed by atoms with Gasteiger partial charge in [-0.2, -0.15) is 0 Å². The third-order valence-electron chi connectivity index (χ3n) is 5.03. The van der Waals surface area contributed by atoms with Gasteiger partial charge in [-0.05, 0) is 81.9 Å². The van der Waals surface area contributed by atoms with Gasteiger partial charge in [0.15, 0.2) is 0 Å². The lowest BCUT2D eigenvalue weighted by molar-refractivity contribution is 0.0950. The summed E-state index contributed by atoms with van der Waals surface area (Å²) in [5.41, 5.74) is 2.04. The molecule has 126 valence electrons. The number of nitrogens with zero attached hydrogens (tertiary/aromatic N) is 1. The Labute approximate surface area is 139 Å². The van der Waals surface area contributed by atoms with Crippen molar-refractivity contribution in [2.24, 2.45) is 5.92 Å². The number of carbonyl (C=O) groups is 1. The Balaban J connectivity index is 1.46. The Morgan fingerprint density at radius 1 is 1.26 bits per heavy atom. The summed E-state index contributed by atoms with van der Waals surface area (Å²) < 4.78 is 0. The molecule has 1 atom stereocenters. The van der Waals surface area contributed by atoms with E-state index in [2.05, 4.69) is 27.7 Å². The van der Waals surface area contributed by atoms with E-state index < -0.39 is 0 Å². The minimum absolute atomic E-state index is 0.0667. The summed E-state index contributed by atoms with van der Waals surface area (Å²) in [6.07, 6.45) is 6.23. The number of carbonyl (C=O) groups excluding carboxylic acids is 1. The quantitative estimate of drug-likeness (QED) is 0.847. The molecule has 0 spiro atoms. The van der Waals surface area contributed by atoms with E-state index in [1.807, 2.05) is 12.1 Å². The van der Waals surface area contributed by atoms with Crippen LogP contribution in [0.25, 0.3) is 0 Å². The molecule has 1 aromatic rings. The van der Waals surface area contributed by atoms with Crippen LogP contribution >= 0.6 is 0 Å². The van der Waals surface area contributed by atoms with Crippen molar-refractivity contribution >= 4 is 5.91 Å². The van der Waals surface area contributed by atoms with Crippen molar-refractivity contribution in [3.63, 3.8) is 0 Å². The molecule has 0 aromatic heterocycles. The molecule has 23 heavy (non-hydrogen) atoms. The van der Waals surface area contributed by atoms with Crippen molar-refractivity contribution in [3.8, 4) is 0 Å². The first-order valence-corrected chi connectivity index (χ1v) is 9.11. The Kier molecular flexibility index (Phi) is 6.06. The molecule has 0 aliphatic carbocycles. The molecule has 2 aliphatic heterocycles. The molecule has 2 heterocycles. The molecule has 4 nitrogen and oxygen atoms in total. The smallest absolute Gasteiger partial charge is 0.251 e. The van der Waals surface area contributed by atoms with E-state index in [1.54, 1.807) is 0 Å². The zero-order valence-corrected chi connectivity index (χ0v) is 14.0. The highest BCUT2D eigenvalue weighted by Gasteiger charge is 2.14. The van der Waals surface area contributed by atoms with Gasteiger partial charge in [0.05, 0.1) is 0 Å². The second-order valence-electron chi connectivity index (χ2n) is 6.94. The lowest BCUT2D eigenvalue weighted by Crippen LogP contribution is -2.33. The van der Waals surface area contributed by atoms with Crippen LogP contribution in [0, 0.1) is 5.92 Å². The Morgan fingerprint density at radius 3 is 2.91 bits per heavy atom. The molecule has 1 aromatic carbocycles. The van der Waals surface area contributed by atoms with Gasteiger partial charge in [0.25, 0.3) is 5.91 Å². The summed E-state index contributed by atoms with van der Waals surface area (Å²) in [5.74, 6) is 0.780. The maximum Gasteiger partial charge on any atom is 0.251 e. The van der Waals surface area contributed by atoms with Crippen molar-refractivity contribution in [3.05, 3.63) is 35.4 Å². The number of hydrogen-bond donors (Lipinski definition) is 2. The average Bonchev–Trinajstić information content (AvgIpc) is 3.09. The highest BCUT2D eigenvalue weighted by molar-refractivity contribution is 5.94. The van der Waals surface area contributed by atoms with Crippen molar-refractivity contribution in [1.29, 1.82) is 0 Å². The van der Waals surface area contributed by atoms with E-state index in [9.17, 15) is 4.79 Å². The summed E-state index contributed by atoms with van der Waals surface area (Å²) in [6, 6.07) is 8.11. The second kappa shape index (κ2) is 8.46. The molecule has 0 saturated carbocycles. The van der Waals surface area contributed by atoms with Crippen LogP contribution in [0.5, 0.6) is 0 Å². The summed E-state index contributed by atoms with van der Waals surface area (Å²) in [7, 11) is 0. The lowest BCUT2D eigenvalue weighted by atomic mass is 9.96. The van der Waals surface area contributed by atoms with Gasteiger partial charge in [-0.1, -0.05) is 12.1 Å². The summed E-state index contributed by atoms with van der Waals surface area (Å²) >= 11 is 0. The van der Waals surface area contributed by atoms with Gasteiger partial charge in [-0.15, -0.1) is 0 Å². The zero-order chi connectivity index (χ0) is 15.9. The third-order valence-corrected chi connectivity index (χ3v) is 5.03. The molecule has 2 aliphatic rings. The minimum Gasteiger partial charge on any atom is -0.352 e. The average molecular weight is 315 g/mol. The fourth-order valence-corrected chi connectivity index (χ4v) is 3.67. The SMILES string of the molecule is O=C(NCCC1CCCNC1)c1cccc(CN2CCCC2)c1. The van der Waals surface area contributed by atoms with Gasteiger partial charge < -0.3 is 10.6 Å². The monoisotopic (exact) mass is 315 g/mol. The van der Waals surface area contributed by atoms with Crippen LogP contribution in [0.3, 0.4) is 0 Å². The number of hydrogen-bond acceptors (Lipinski definition) is 3. The molecule has 0 bridgehead atoms. The fraction of sp³-hybridized carbons (Fsp3) is 0.632. The van der Waals surface area contributed by atoms with Gasteiger partial charge in [-0.3, -0.25) is 9.69 Å². The Hall–Kier alpha value is -1.39. The van der Waals surface area contributed by atoms with Gasteiger partial charge >= 0.3 is 0 Å². The summed E-state index contributed by atoms with van der Waals surface area (Å²) in [5, 5.41) is 6.52. The number of nitrogens with one attached hydrogen (secondary N) is 2. The van der Waals surface area contributed by atoms with Gasteiger partial charge in [0.1, 0.15) is 0 Å². The van der Waals surface area contributed by atoms with Gasteiger partial charge in [0.2, 0.25) is 0 Å². The highest BCUT2D eigenvalue weighted by atomic mass is 16.1. The van der Waals surface area contributed by atoms with Crippen LogP contribution in [0.2, 0.25) is 0 Å². The molecular formula is C19H29N3O. The number of likely N-dealkylation sites (tertiary alicyclic amines) is 1. The van der Waals surface area contributed by atoms with Gasteiger partial charge in [-0.25, -0.2) is 0 Å². The van der Waals surface area contributed by atoms with E-state index in [1.165, 1.54) is 44.3 Å². The molecular weight excluding hydrogens is 286 g/mol. The van der Waals surface area contributed by atoms with Crippen molar-refractivity contribution < 1.29 is 4.79 Å². The van der Waals surface area contributed by atoms with Crippen LogP contribution in [-0.4, -0.2) is 43.5 Å². The first-order chi connectivity index (χ1) is 11.3. The van der Waals surface area contributed by atoms with E-state index in [0.717, 1.165) is 38.2 Å². The lowest BCUT2D eigenvalue weighted by Gasteiger charge is -2.22. The van der Waals surface area contributed by atoms with Crippen LogP contribution in [0.15, 0.2) is 24.3 Å². The number of benzene rings is 1. The van der Waals surface area contributed by atoms with Gasteiger partial charge in [0, 0.05) is 18.7 Å². The van der Waals surface area contributed by atoms with E-state index >= 15 is 0 Å². The number of rotatable bonds is 6. The molecule has 3 rings (SSSR count). The number of amides is 1. The highest BCUT2D eigenvalue weighted by Crippen LogP contribution is 2.15. The first kappa shape index (κ1) is 16.5.